The molecule has 28 heavy (non-hydrogen) atoms. The molecular weight excluding hydrogens is 386 g/mol. The number of halogens is 4. The number of ether oxygens (including phenoxy) is 1. The average Bonchev–Trinajstić information content (AvgIpc) is 3.08. The number of nitrogens with zero attached hydrogens (tertiary/aromatic N) is 2. The normalized spacial score (nSPS) is 13.1. The van der Waals surface area contributed by atoms with E-state index in [0.717, 1.165) is 25.1 Å². The molecule has 1 aromatic heterocycles. The topological polar surface area (TPSA) is 97.5 Å². The molecule has 7 nitrogen and oxygen atoms in total. The van der Waals surface area contributed by atoms with Gasteiger partial charge in [-0.25, -0.2) is 4.39 Å². The molecule has 0 spiro atoms. The Hall–Kier alpha value is -3.21. The molecule has 1 atom stereocenters. The van der Waals surface area contributed by atoms with Gasteiger partial charge in [0.2, 0.25) is 5.82 Å². The predicted molar refractivity (Wildman–Crippen MR) is 88.4 cm³/mol. The number of aromatic nitrogens is 2. The van der Waals surface area contributed by atoms with Crippen LogP contribution in [0.4, 0.5) is 17.6 Å². The van der Waals surface area contributed by atoms with E-state index in [-0.39, 0.29) is 17.3 Å². The average molecular weight is 401 g/mol. The molecular formula is C17H15F4N3O4. The molecule has 0 bridgehead atoms. The zero-order valence-electron chi connectivity index (χ0n) is 14.5. The Balaban J connectivity index is 2.12. The number of rotatable bonds is 7. The number of hydrogen-bond donors (Lipinski definition) is 2. The fourth-order valence-electron chi connectivity index (χ4n) is 2.04. The van der Waals surface area contributed by atoms with E-state index in [9.17, 15) is 27.5 Å². The molecule has 0 aliphatic rings. The Bertz CT molecular complexity index is 871. The quantitative estimate of drug-likeness (QED) is 0.420. The summed E-state index contributed by atoms with van der Waals surface area (Å²) < 4.78 is 58.1. The number of carbonyl (C=O) groups is 1. The van der Waals surface area contributed by atoms with Crippen molar-refractivity contribution in [1.82, 2.24) is 15.5 Å². The molecule has 1 heterocycles. The van der Waals surface area contributed by atoms with Gasteiger partial charge in [0.05, 0.1) is 12.4 Å². The summed E-state index contributed by atoms with van der Waals surface area (Å²) in [6, 6.07) is 3.60. The number of aliphatic hydroxyl groups excluding tert-OH is 1. The Kier molecular flexibility index (Phi) is 6.52. The summed E-state index contributed by atoms with van der Waals surface area (Å²) in [7, 11) is 0. The van der Waals surface area contributed by atoms with Crippen LogP contribution in [0.5, 0.6) is 5.75 Å². The van der Waals surface area contributed by atoms with Crippen molar-refractivity contribution >= 4 is 5.91 Å². The van der Waals surface area contributed by atoms with Gasteiger partial charge in [-0.2, -0.15) is 4.98 Å². The van der Waals surface area contributed by atoms with Gasteiger partial charge < -0.3 is 19.7 Å². The standard InChI is InChI=1S/C17H15F4N3O4/c1-9(7-10(2)18)15(26)22-13(8-25)16-23-14(24-28-16)11-3-5-12(6-4-11)27-17(19,20)21/h3-7,13,25H,1,8H2,2H3,(H,22,26)/b10-7+/t13-/m0/s1. The maximum absolute atomic E-state index is 12.8. The number of carbonyl (C=O) groups excluding carboxylic acids is 1. The number of allylic oxidation sites excluding steroid dienone is 1. The van der Waals surface area contributed by atoms with Gasteiger partial charge in [0.15, 0.2) is 0 Å². The molecule has 0 saturated carbocycles. The first kappa shape index (κ1) is 21.1. The molecule has 1 amide bonds. The molecule has 0 aliphatic carbocycles. The molecule has 11 heteroatoms. The summed E-state index contributed by atoms with van der Waals surface area (Å²) >= 11 is 0. The molecule has 2 aromatic rings. The lowest BCUT2D eigenvalue weighted by molar-refractivity contribution is -0.274. The monoisotopic (exact) mass is 401 g/mol. The van der Waals surface area contributed by atoms with Gasteiger partial charge in [0.25, 0.3) is 11.8 Å². The van der Waals surface area contributed by atoms with E-state index >= 15 is 0 Å². The summed E-state index contributed by atoms with van der Waals surface area (Å²) in [4.78, 5) is 15.9. The van der Waals surface area contributed by atoms with Crippen molar-refractivity contribution in [2.75, 3.05) is 6.61 Å². The van der Waals surface area contributed by atoms with Crippen LogP contribution in [0.2, 0.25) is 0 Å². The molecule has 1 aromatic carbocycles. The number of benzene rings is 1. The maximum atomic E-state index is 12.8. The van der Waals surface area contributed by atoms with Gasteiger partial charge in [-0.3, -0.25) is 4.79 Å². The molecule has 0 unspecified atom stereocenters. The second-order valence-corrected chi connectivity index (χ2v) is 5.49. The van der Waals surface area contributed by atoms with Gasteiger partial charge in [-0.1, -0.05) is 11.7 Å². The summed E-state index contributed by atoms with van der Waals surface area (Å²) in [5.41, 5.74) is 0.131. The highest BCUT2D eigenvalue weighted by Crippen LogP contribution is 2.26. The first-order chi connectivity index (χ1) is 13.1. The van der Waals surface area contributed by atoms with Crippen LogP contribution < -0.4 is 10.1 Å². The van der Waals surface area contributed by atoms with Crippen LogP contribution in [0.25, 0.3) is 11.4 Å². The van der Waals surface area contributed by atoms with Crippen molar-refractivity contribution in [3.8, 4) is 17.1 Å². The molecule has 2 rings (SSSR count). The number of hydrogen-bond acceptors (Lipinski definition) is 6. The molecule has 0 fully saturated rings. The minimum Gasteiger partial charge on any atom is -0.406 e. The van der Waals surface area contributed by atoms with Gasteiger partial charge in [0.1, 0.15) is 11.8 Å². The third kappa shape index (κ3) is 5.91. The maximum Gasteiger partial charge on any atom is 0.573 e. The smallest absolute Gasteiger partial charge is 0.406 e. The fourth-order valence-corrected chi connectivity index (χ4v) is 2.04. The minimum atomic E-state index is -4.81. The summed E-state index contributed by atoms with van der Waals surface area (Å²) in [5, 5.41) is 15.4. The zero-order valence-corrected chi connectivity index (χ0v) is 14.5. The highest BCUT2D eigenvalue weighted by Gasteiger charge is 2.31. The van der Waals surface area contributed by atoms with Crippen molar-refractivity contribution in [3.05, 3.63) is 54.2 Å². The van der Waals surface area contributed by atoms with E-state index in [1.165, 1.54) is 12.1 Å². The third-order valence-electron chi connectivity index (χ3n) is 3.24. The number of alkyl halides is 3. The van der Waals surface area contributed by atoms with Crippen molar-refractivity contribution in [2.45, 2.75) is 19.3 Å². The fraction of sp³-hybridized carbons (Fsp3) is 0.235. The van der Waals surface area contributed by atoms with Crippen LogP contribution in [0.15, 0.2) is 52.8 Å². The van der Waals surface area contributed by atoms with Crippen LogP contribution in [0, 0.1) is 0 Å². The first-order valence-corrected chi connectivity index (χ1v) is 7.73. The molecule has 150 valence electrons. The highest BCUT2D eigenvalue weighted by atomic mass is 19.4. The van der Waals surface area contributed by atoms with Gasteiger partial charge in [-0.05, 0) is 37.3 Å². The lowest BCUT2D eigenvalue weighted by Crippen LogP contribution is -2.31. The van der Waals surface area contributed by atoms with E-state index in [1.807, 2.05) is 0 Å². The number of aliphatic hydroxyl groups is 1. The van der Waals surface area contributed by atoms with Gasteiger partial charge in [-0.15, -0.1) is 13.2 Å². The molecule has 0 aliphatic heterocycles. The molecule has 0 radical (unpaired) electrons. The molecule has 2 N–H and O–H groups in total. The van der Waals surface area contributed by atoms with Crippen molar-refractivity contribution in [1.29, 1.82) is 0 Å². The first-order valence-electron chi connectivity index (χ1n) is 7.73. The van der Waals surface area contributed by atoms with Gasteiger partial charge in [0, 0.05) is 11.1 Å². The lowest BCUT2D eigenvalue weighted by Gasteiger charge is -2.12. The van der Waals surface area contributed by atoms with Crippen LogP contribution in [0.1, 0.15) is 18.9 Å². The van der Waals surface area contributed by atoms with Crippen LogP contribution in [-0.2, 0) is 4.79 Å². The second-order valence-electron chi connectivity index (χ2n) is 5.49. The largest absolute Gasteiger partial charge is 0.573 e. The Labute approximate surface area is 156 Å². The van der Waals surface area contributed by atoms with Crippen LogP contribution >= 0.6 is 0 Å². The Morgan fingerprint density at radius 2 is 2.04 bits per heavy atom. The SMILES string of the molecule is C=C(/C=C(\C)F)C(=O)N[C@@H](CO)c1nc(-c2ccc(OC(F)(F)F)cc2)no1. The highest BCUT2D eigenvalue weighted by molar-refractivity contribution is 5.95. The Morgan fingerprint density at radius 3 is 2.57 bits per heavy atom. The van der Waals surface area contributed by atoms with E-state index in [0.29, 0.717) is 5.56 Å². The van der Waals surface area contributed by atoms with E-state index in [1.54, 1.807) is 0 Å². The van der Waals surface area contributed by atoms with Crippen LogP contribution in [-0.4, -0.2) is 34.1 Å². The van der Waals surface area contributed by atoms with Gasteiger partial charge >= 0.3 is 6.36 Å². The van der Waals surface area contributed by atoms with E-state index in [4.69, 9.17) is 4.52 Å². The summed E-state index contributed by atoms with van der Waals surface area (Å²) in [5.74, 6) is -1.95. The summed E-state index contributed by atoms with van der Waals surface area (Å²) in [6.45, 7) is 3.93. The Morgan fingerprint density at radius 1 is 1.39 bits per heavy atom. The zero-order chi connectivity index (χ0) is 20.9. The third-order valence-corrected chi connectivity index (χ3v) is 3.24. The second kappa shape index (κ2) is 8.65. The molecule has 0 saturated heterocycles. The summed E-state index contributed by atoms with van der Waals surface area (Å²) in [6.07, 6.45) is -3.90. The predicted octanol–water partition coefficient (Wildman–Crippen LogP) is 3.21. The van der Waals surface area contributed by atoms with E-state index in [2.05, 4.69) is 26.8 Å². The lowest BCUT2D eigenvalue weighted by atomic mass is 10.2. The van der Waals surface area contributed by atoms with Crippen LogP contribution in [0.3, 0.4) is 0 Å². The van der Waals surface area contributed by atoms with Crippen molar-refractivity contribution < 1.29 is 36.7 Å². The van der Waals surface area contributed by atoms with E-state index < -0.39 is 36.5 Å². The number of nitrogens with one attached hydrogen (secondary N) is 1. The number of amides is 1. The van der Waals surface area contributed by atoms with Crippen molar-refractivity contribution in [3.63, 3.8) is 0 Å². The minimum absolute atomic E-state index is 0.0135. The van der Waals surface area contributed by atoms with Crippen molar-refractivity contribution in [2.24, 2.45) is 0 Å².